The Balaban J connectivity index is 2.12. The lowest BCUT2D eigenvalue weighted by Crippen LogP contribution is -2.61. The van der Waals surface area contributed by atoms with E-state index in [1.54, 1.807) is 0 Å². The van der Waals surface area contributed by atoms with Gasteiger partial charge in [0.2, 0.25) is 0 Å². The molecule has 0 spiro atoms. The number of nitrogens with zero attached hydrogens (tertiary/aromatic N) is 1. The number of amides is 1. The fourth-order valence-corrected chi connectivity index (χ4v) is 2.32. The van der Waals surface area contributed by atoms with E-state index in [9.17, 15) is 9.90 Å². The van der Waals surface area contributed by atoms with Crippen LogP contribution in [0.5, 0.6) is 0 Å². The Bertz CT molecular complexity index is 491. The highest BCUT2D eigenvalue weighted by Crippen LogP contribution is 2.40. The minimum Gasteiger partial charge on any atom is -0.392 e. The molecule has 1 saturated carbocycles. The lowest BCUT2D eigenvalue weighted by atomic mass is 9.64. The van der Waals surface area contributed by atoms with Gasteiger partial charge in [0.25, 0.3) is 5.91 Å². The van der Waals surface area contributed by atoms with Gasteiger partial charge in [-0.2, -0.15) is 0 Å². The van der Waals surface area contributed by atoms with Gasteiger partial charge >= 0.3 is 0 Å². The molecule has 2 N–H and O–H groups in total. The molecule has 0 radical (unpaired) electrons. The fraction of sp³-hybridized carbons (Fsp3) is 0.500. The smallest absolute Gasteiger partial charge is 0.253 e. The van der Waals surface area contributed by atoms with Crippen molar-refractivity contribution in [3.63, 3.8) is 0 Å². The minimum absolute atomic E-state index is 0.0667. The summed E-state index contributed by atoms with van der Waals surface area (Å²) in [7, 11) is 0. The molecule has 6 heteroatoms. The quantitative estimate of drug-likeness (QED) is 0.821. The maximum Gasteiger partial charge on any atom is 0.253 e. The van der Waals surface area contributed by atoms with Crippen molar-refractivity contribution in [2.45, 2.75) is 32.4 Å². The highest BCUT2D eigenvalue weighted by Gasteiger charge is 2.48. The second-order valence-electron chi connectivity index (χ2n) is 5.09. The van der Waals surface area contributed by atoms with Gasteiger partial charge in [-0.1, -0.05) is 37.0 Å². The van der Waals surface area contributed by atoms with Crippen molar-refractivity contribution in [1.29, 1.82) is 0 Å². The van der Waals surface area contributed by atoms with Gasteiger partial charge in [0.15, 0.2) is 0 Å². The van der Waals surface area contributed by atoms with Crippen molar-refractivity contribution in [3.8, 4) is 0 Å². The Hall–Kier alpha value is -0.840. The molecule has 0 saturated heterocycles. The van der Waals surface area contributed by atoms with E-state index in [-0.39, 0.29) is 33.6 Å². The van der Waals surface area contributed by atoms with Gasteiger partial charge in [-0.05, 0) is 12.5 Å². The van der Waals surface area contributed by atoms with Gasteiger partial charge in [0, 0.05) is 17.7 Å². The number of pyridine rings is 1. The van der Waals surface area contributed by atoms with E-state index in [1.165, 1.54) is 12.3 Å². The molecule has 1 aliphatic carbocycles. The van der Waals surface area contributed by atoms with Crippen molar-refractivity contribution in [2.24, 2.45) is 5.41 Å². The fourth-order valence-electron chi connectivity index (χ4n) is 1.97. The van der Waals surface area contributed by atoms with E-state index in [2.05, 4.69) is 10.3 Å². The molecule has 1 fully saturated rings. The van der Waals surface area contributed by atoms with Gasteiger partial charge < -0.3 is 10.4 Å². The minimum atomic E-state index is -0.390. The zero-order valence-corrected chi connectivity index (χ0v) is 11.6. The van der Waals surface area contributed by atoms with E-state index in [0.29, 0.717) is 12.0 Å². The van der Waals surface area contributed by atoms with Gasteiger partial charge in [-0.25, -0.2) is 4.98 Å². The molecule has 0 aromatic carbocycles. The first-order valence-electron chi connectivity index (χ1n) is 5.62. The summed E-state index contributed by atoms with van der Waals surface area (Å²) in [5, 5.41) is 13.0. The van der Waals surface area contributed by atoms with Gasteiger partial charge in [-0.3, -0.25) is 4.79 Å². The Morgan fingerprint density at radius 1 is 1.56 bits per heavy atom. The third-order valence-electron chi connectivity index (χ3n) is 3.59. The summed E-state index contributed by atoms with van der Waals surface area (Å²) in [6, 6.07) is 1.37. The number of carbonyl (C=O) groups excluding carboxylic acids is 1. The summed E-state index contributed by atoms with van der Waals surface area (Å²) >= 11 is 11.6. The number of halogens is 2. The standard InChI is InChI=1S/C12H14Cl2N2O2/c1-12(2)8(4-9(12)17)16-11(18)6-3-10(14)15-5-7(6)13/h3,5,8-9,17H,4H2,1-2H3,(H,16,18). The summed E-state index contributed by atoms with van der Waals surface area (Å²) in [6.07, 6.45) is 1.51. The zero-order valence-electron chi connectivity index (χ0n) is 10.1. The summed E-state index contributed by atoms with van der Waals surface area (Å²) in [6.45, 7) is 3.82. The molecule has 1 aromatic heterocycles. The van der Waals surface area contributed by atoms with E-state index in [4.69, 9.17) is 23.2 Å². The molecule has 1 amide bonds. The molecular formula is C12H14Cl2N2O2. The van der Waals surface area contributed by atoms with Crippen LogP contribution in [-0.4, -0.2) is 28.1 Å². The highest BCUT2D eigenvalue weighted by atomic mass is 35.5. The molecule has 1 aliphatic rings. The van der Waals surface area contributed by atoms with E-state index < -0.39 is 0 Å². The average Bonchev–Trinajstić information content (AvgIpc) is 2.31. The first-order chi connectivity index (χ1) is 8.32. The topological polar surface area (TPSA) is 62.2 Å². The van der Waals surface area contributed by atoms with Crippen LogP contribution >= 0.6 is 23.2 Å². The van der Waals surface area contributed by atoms with Gasteiger partial charge in [0.05, 0.1) is 16.7 Å². The highest BCUT2D eigenvalue weighted by molar-refractivity contribution is 6.35. The molecular weight excluding hydrogens is 275 g/mol. The molecule has 0 aliphatic heterocycles. The number of hydrogen-bond acceptors (Lipinski definition) is 3. The summed E-state index contributed by atoms with van der Waals surface area (Å²) in [5.41, 5.74) is -0.0206. The monoisotopic (exact) mass is 288 g/mol. The summed E-state index contributed by atoms with van der Waals surface area (Å²) < 4.78 is 0. The molecule has 2 atom stereocenters. The van der Waals surface area contributed by atoms with Crippen molar-refractivity contribution < 1.29 is 9.90 Å². The zero-order chi connectivity index (χ0) is 13.5. The third kappa shape index (κ3) is 2.32. The van der Waals surface area contributed by atoms with Crippen LogP contribution in [0.25, 0.3) is 0 Å². The number of nitrogens with one attached hydrogen (secondary N) is 1. The predicted octanol–water partition coefficient (Wildman–Crippen LogP) is 2.28. The second-order valence-corrected chi connectivity index (χ2v) is 5.88. The van der Waals surface area contributed by atoms with Crippen LogP contribution in [-0.2, 0) is 0 Å². The van der Waals surface area contributed by atoms with Crippen LogP contribution in [0.3, 0.4) is 0 Å². The maximum atomic E-state index is 12.1. The first-order valence-corrected chi connectivity index (χ1v) is 6.38. The van der Waals surface area contributed by atoms with Crippen LogP contribution in [0.15, 0.2) is 12.3 Å². The molecule has 18 heavy (non-hydrogen) atoms. The molecule has 2 unspecified atom stereocenters. The Kier molecular flexibility index (Phi) is 3.54. The Morgan fingerprint density at radius 3 is 2.78 bits per heavy atom. The number of carbonyl (C=O) groups is 1. The van der Waals surface area contributed by atoms with Crippen LogP contribution in [0, 0.1) is 5.41 Å². The Labute approximate surface area is 115 Å². The number of aliphatic hydroxyl groups is 1. The Morgan fingerprint density at radius 2 is 2.22 bits per heavy atom. The predicted molar refractivity (Wildman–Crippen MR) is 69.9 cm³/mol. The van der Waals surface area contributed by atoms with Gasteiger partial charge in [-0.15, -0.1) is 0 Å². The van der Waals surface area contributed by atoms with Crippen molar-refractivity contribution >= 4 is 29.1 Å². The molecule has 4 nitrogen and oxygen atoms in total. The summed E-state index contributed by atoms with van der Waals surface area (Å²) in [4.78, 5) is 15.8. The molecule has 0 bridgehead atoms. The number of aromatic nitrogens is 1. The molecule has 1 aromatic rings. The lowest BCUT2D eigenvalue weighted by Gasteiger charge is -2.49. The number of aliphatic hydroxyl groups excluding tert-OH is 1. The van der Waals surface area contributed by atoms with Crippen LogP contribution in [0.1, 0.15) is 30.6 Å². The molecule has 1 heterocycles. The molecule has 2 rings (SSSR count). The van der Waals surface area contributed by atoms with E-state index in [0.717, 1.165) is 0 Å². The van der Waals surface area contributed by atoms with Crippen molar-refractivity contribution in [2.75, 3.05) is 0 Å². The van der Waals surface area contributed by atoms with E-state index >= 15 is 0 Å². The van der Waals surface area contributed by atoms with Crippen LogP contribution in [0.4, 0.5) is 0 Å². The molecule has 98 valence electrons. The van der Waals surface area contributed by atoms with E-state index in [1.807, 2.05) is 13.8 Å². The lowest BCUT2D eigenvalue weighted by molar-refractivity contribution is -0.0689. The third-order valence-corrected chi connectivity index (χ3v) is 4.10. The second kappa shape index (κ2) is 4.68. The first kappa shape index (κ1) is 13.6. The number of hydrogen-bond donors (Lipinski definition) is 2. The van der Waals surface area contributed by atoms with Crippen molar-refractivity contribution in [3.05, 3.63) is 28.0 Å². The number of rotatable bonds is 2. The van der Waals surface area contributed by atoms with Crippen LogP contribution in [0.2, 0.25) is 10.2 Å². The SMILES string of the molecule is CC1(C)C(O)CC1NC(=O)c1cc(Cl)ncc1Cl. The van der Waals surface area contributed by atoms with Crippen molar-refractivity contribution in [1.82, 2.24) is 10.3 Å². The normalized spacial score (nSPS) is 25.4. The maximum absolute atomic E-state index is 12.1. The summed E-state index contributed by atoms with van der Waals surface area (Å²) in [5.74, 6) is -0.297. The largest absolute Gasteiger partial charge is 0.392 e. The average molecular weight is 289 g/mol. The van der Waals surface area contributed by atoms with Gasteiger partial charge in [0.1, 0.15) is 5.15 Å². The van der Waals surface area contributed by atoms with Crippen LogP contribution < -0.4 is 5.32 Å².